The van der Waals surface area contributed by atoms with Gasteiger partial charge in [-0.15, -0.1) is 11.3 Å². The number of likely N-dealkylation sites (tertiary alicyclic amines) is 1. The van der Waals surface area contributed by atoms with Gasteiger partial charge in [-0.25, -0.2) is 4.98 Å². The molecule has 6 heteroatoms. The van der Waals surface area contributed by atoms with Crippen molar-refractivity contribution >= 4 is 17.2 Å². The Balaban J connectivity index is 1.48. The summed E-state index contributed by atoms with van der Waals surface area (Å²) in [6.07, 6.45) is 3.00. The summed E-state index contributed by atoms with van der Waals surface area (Å²) < 4.78 is 5.67. The average Bonchev–Trinajstić information content (AvgIpc) is 3.28. The predicted octanol–water partition coefficient (Wildman–Crippen LogP) is 4.81. The Hall–Kier alpha value is -3.17. The third kappa shape index (κ3) is 4.47. The summed E-state index contributed by atoms with van der Waals surface area (Å²) in [5, 5.41) is 11.9. The lowest BCUT2D eigenvalue weighted by Gasteiger charge is -2.34. The molecule has 0 radical (unpaired) electrons. The van der Waals surface area contributed by atoms with Crippen molar-refractivity contribution in [2.24, 2.45) is 0 Å². The highest BCUT2D eigenvalue weighted by molar-refractivity contribution is 7.10. The van der Waals surface area contributed by atoms with Crippen LogP contribution in [0.3, 0.4) is 0 Å². The van der Waals surface area contributed by atoms with Gasteiger partial charge in [-0.2, -0.15) is 5.26 Å². The molecule has 1 aromatic heterocycles. The van der Waals surface area contributed by atoms with Crippen molar-refractivity contribution < 1.29 is 9.53 Å². The third-order valence-electron chi connectivity index (χ3n) is 5.05. The monoisotopic (exact) mass is 403 g/mol. The Morgan fingerprint density at radius 1 is 1.17 bits per heavy atom. The number of thiazole rings is 1. The molecule has 5 nitrogen and oxygen atoms in total. The molecule has 0 saturated carbocycles. The van der Waals surface area contributed by atoms with E-state index in [-0.39, 0.29) is 18.6 Å². The first-order valence-corrected chi connectivity index (χ1v) is 10.6. The molecule has 1 fully saturated rings. The lowest BCUT2D eigenvalue weighted by molar-refractivity contribution is -0.137. The molecule has 146 valence electrons. The van der Waals surface area contributed by atoms with Gasteiger partial charge in [0.1, 0.15) is 10.8 Å². The SMILES string of the molecule is N#Cc1ccc(-c2csc([C@H]3CCCCN3C(=O)COc3ccccc3)n2)cc1. The van der Waals surface area contributed by atoms with Crippen molar-refractivity contribution in [3.63, 3.8) is 0 Å². The van der Waals surface area contributed by atoms with E-state index in [1.807, 2.05) is 52.7 Å². The molecular weight excluding hydrogens is 382 g/mol. The van der Waals surface area contributed by atoms with E-state index in [0.29, 0.717) is 11.3 Å². The molecule has 1 amide bonds. The smallest absolute Gasteiger partial charge is 0.261 e. The minimum Gasteiger partial charge on any atom is -0.484 e. The Kier molecular flexibility index (Phi) is 5.87. The minimum absolute atomic E-state index is 0.00586. The van der Waals surface area contributed by atoms with E-state index in [4.69, 9.17) is 15.0 Å². The van der Waals surface area contributed by atoms with E-state index in [0.717, 1.165) is 42.1 Å². The molecule has 2 heterocycles. The maximum Gasteiger partial charge on any atom is 0.261 e. The van der Waals surface area contributed by atoms with Crippen LogP contribution in [0.25, 0.3) is 11.3 Å². The normalized spacial score (nSPS) is 16.2. The Morgan fingerprint density at radius 3 is 2.72 bits per heavy atom. The lowest BCUT2D eigenvalue weighted by atomic mass is 10.0. The molecule has 2 aromatic carbocycles. The molecule has 29 heavy (non-hydrogen) atoms. The van der Waals surface area contributed by atoms with Gasteiger partial charge in [-0.1, -0.05) is 30.3 Å². The summed E-state index contributed by atoms with van der Waals surface area (Å²) in [4.78, 5) is 19.6. The number of rotatable bonds is 5. The number of hydrogen-bond donors (Lipinski definition) is 0. The van der Waals surface area contributed by atoms with Crippen LogP contribution in [0.2, 0.25) is 0 Å². The van der Waals surface area contributed by atoms with Gasteiger partial charge in [-0.3, -0.25) is 4.79 Å². The van der Waals surface area contributed by atoms with E-state index in [1.165, 1.54) is 0 Å². The van der Waals surface area contributed by atoms with Crippen LogP contribution in [0.4, 0.5) is 0 Å². The van der Waals surface area contributed by atoms with Crippen molar-refractivity contribution in [2.45, 2.75) is 25.3 Å². The van der Waals surface area contributed by atoms with E-state index in [2.05, 4.69) is 6.07 Å². The van der Waals surface area contributed by atoms with Gasteiger partial charge in [0.05, 0.1) is 23.4 Å². The van der Waals surface area contributed by atoms with Gasteiger partial charge in [0.25, 0.3) is 5.91 Å². The van der Waals surface area contributed by atoms with Crippen LogP contribution in [-0.2, 0) is 4.79 Å². The first-order chi connectivity index (χ1) is 14.2. The fraction of sp³-hybridized carbons (Fsp3) is 0.261. The largest absolute Gasteiger partial charge is 0.484 e. The first kappa shape index (κ1) is 19.2. The fourth-order valence-corrected chi connectivity index (χ4v) is 4.49. The highest BCUT2D eigenvalue weighted by Gasteiger charge is 2.30. The zero-order chi connectivity index (χ0) is 20.1. The average molecular weight is 404 g/mol. The predicted molar refractivity (Wildman–Crippen MR) is 113 cm³/mol. The maximum atomic E-state index is 12.8. The Morgan fingerprint density at radius 2 is 1.97 bits per heavy atom. The van der Waals surface area contributed by atoms with Crippen molar-refractivity contribution in [1.29, 1.82) is 5.26 Å². The molecule has 0 unspecified atom stereocenters. The number of ether oxygens (including phenoxy) is 1. The molecule has 4 rings (SSSR count). The van der Waals surface area contributed by atoms with Gasteiger partial charge < -0.3 is 9.64 Å². The van der Waals surface area contributed by atoms with Crippen LogP contribution in [0, 0.1) is 11.3 Å². The van der Waals surface area contributed by atoms with E-state index >= 15 is 0 Å². The number of nitrogens with zero attached hydrogens (tertiary/aromatic N) is 3. The van der Waals surface area contributed by atoms with Crippen molar-refractivity contribution in [1.82, 2.24) is 9.88 Å². The van der Waals surface area contributed by atoms with Crippen molar-refractivity contribution in [3.05, 3.63) is 70.5 Å². The third-order valence-corrected chi connectivity index (χ3v) is 5.99. The van der Waals surface area contributed by atoms with Gasteiger partial charge in [-0.05, 0) is 43.5 Å². The number of aromatic nitrogens is 1. The summed E-state index contributed by atoms with van der Waals surface area (Å²) >= 11 is 1.59. The summed E-state index contributed by atoms with van der Waals surface area (Å²) in [6, 6.07) is 19.0. The van der Waals surface area contributed by atoms with Gasteiger partial charge in [0.2, 0.25) is 0 Å². The number of benzene rings is 2. The number of hydrogen-bond acceptors (Lipinski definition) is 5. The van der Waals surface area contributed by atoms with Crippen molar-refractivity contribution in [3.8, 4) is 23.1 Å². The van der Waals surface area contributed by atoms with Crippen LogP contribution in [0.1, 0.15) is 35.9 Å². The highest BCUT2D eigenvalue weighted by atomic mass is 32.1. The number of carbonyl (C=O) groups is 1. The molecule has 0 spiro atoms. The number of para-hydroxylation sites is 1. The summed E-state index contributed by atoms with van der Waals surface area (Å²) in [5.41, 5.74) is 2.49. The minimum atomic E-state index is -0.00671. The van der Waals surface area contributed by atoms with Crippen LogP contribution >= 0.6 is 11.3 Å². The molecule has 1 atom stereocenters. The summed E-state index contributed by atoms with van der Waals surface area (Å²) in [7, 11) is 0. The second-order valence-electron chi connectivity index (χ2n) is 6.96. The zero-order valence-electron chi connectivity index (χ0n) is 16.0. The quantitative estimate of drug-likeness (QED) is 0.613. The highest BCUT2D eigenvalue weighted by Crippen LogP contribution is 2.35. The number of piperidine rings is 1. The van der Waals surface area contributed by atoms with Crippen LogP contribution in [0.5, 0.6) is 5.75 Å². The number of nitriles is 1. The fourth-order valence-electron chi connectivity index (χ4n) is 3.52. The van der Waals surface area contributed by atoms with E-state index < -0.39 is 0 Å². The summed E-state index contributed by atoms with van der Waals surface area (Å²) in [6.45, 7) is 0.766. The first-order valence-electron chi connectivity index (χ1n) is 9.68. The van der Waals surface area contributed by atoms with Gasteiger partial charge in [0.15, 0.2) is 6.61 Å². The Labute approximate surface area is 174 Å². The standard InChI is InChI=1S/C23H21N3O2S/c24-14-17-9-11-18(12-10-17)20-16-29-23(25-20)21-8-4-5-13-26(21)22(27)15-28-19-6-2-1-3-7-19/h1-3,6-7,9-12,16,21H,4-5,8,13,15H2/t21-/m1/s1. The molecule has 1 aliphatic heterocycles. The molecule has 3 aromatic rings. The maximum absolute atomic E-state index is 12.8. The van der Waals surface area contributed by atoms with Crippen LogP contribution in [0.15, 0.2) is 60.0 Å². The number of carbonyl (C=O) groups excluding carboxylic acids is 1. The van der Waals surface area contributed by atoms with E-state index in [9.17, 15) is 4.79 Å². The summed E-state index contributed by atoms with van der Waals surface area (Å²) in [5.74, 6) is 0.695. The lowest BCUT2D eigenvalue weighted by Crippen LogP contribution is -2.41. The van der Waals surface area contributed by atoms with Crippen LogP contribution in [-0.4, -0.2) is 28.9 Å². The van der Waals surface area contributed by atoms with Gasteiger partial charge in [0, 0.05) is 17.5 Å². The number of amides is 1. The molecule has 1 saturated heterocycles. The van der Waals surface area contributed by atoms with Crippen LogP contribution < -0.4 is 4.74 Å². The van der Waals surface area contributed by atoms with Gasteiger partial charge >= 0.3 is 0 Å². The molecule has 0 N–H and O–H groups in total. The second kappa shape index (κ2) is 8.89. The second-order valence-corrected chi connectivity index (χ2v) is 7.85. The molecule has 0 bridgehead atoms. The zero-order valence-corrected chi connectivity index (χ0v) is 16.8. The van der Waals surface area contributed by atoms with E-state index in [1.54, 1.807) is 23.5 Å². The molecular formula is C23H21N3O2S. The molecule has 1 aliphatic rings. The molecule has 0 aliphatic carbocycles. The van der Waals surface area contributed by atoms with Crippen molar-refractivity contribution in [2.75, 3.05) is 13.2 Å². The Bertz CT molecular complexity index is 1010. The topological polar surface area (TPSA) is 66.2 Å².